The number of esters is 4. The van der Waals surface area contributed by atoms with Crippen molar-refractivity contribution in [3.05, 3.63) is 101 Å². The van der Waals surface area contributed by atoms with E-state index in [0.717, 1.165) is 113 Å². The fourth-order valence-electron chi connectivity index (χ4n) is 10.4. The van der Waals surface area contributed by atoms with Crippen LogP contribution >= 0.6 is 81.8 Å². The summed E-state index contributed by atoms with van der Waals surface area (Å²) in [4.78, 5) is 103. The Morgan fingerprint density at radius 1 is 0.541 bits per heavy atom. The molecular weight excluding hydrogens is 1520 g/mol. The number of benzene rings is 3. The van der Waals surface area contributed by atoms with E-state index in [4.69, 9.17) is 38.3 Å². The Morgan fingerprint density at radius 3 is 1.20 bits per heavy atom. The largest absolute Gasteiger partial charge is 1.00 e. The second-order valence-corrected chi connectivity index (χ2v) is 28.9. The van der Waals surface area contributed by atoms with Crippen LogP contribution in [-0.4, -0.2) is 127 Å². The van der Waals surface area contributed by atoms with Gasteiger partial charge < -0.3 is 64.0 Å². The molecule has 3 heterocycles. The van der Waals surface area contributed by atoms with Crippen LogP contribution in [0.25, 0.3) is 31.3 Å². The minimum atomic E-state index is -1.20. The number of anilines is 3. The average Bonchev–Trinajstić information content (AvgIpc) is 1.62. The number of carboxylic acids is 2. The summed E-state index contributed by atoms with van der Waals surface area (Å²) in [5.41, 5.74) is 3.73. The zero-order valence-corrected chi connectivity index (χ0v) is 62.8. The molecule has 0 aliphatic heterocycles. The number of rotatable bonds is 21. The molecule has 0 bridgehead atoms. The number of aromatic carboxylic acids is 1. The minimum absolute atomic E-state index is 0. The fraction of sp³-hybridized carbons (Fsp3) is 0.449. The number of nitrogens with one attached hydrogen (secondary N) is 1. The molecule has 29 heteroatoms. The summed E-state index contributed by atoms with van der Waals surface area (Å²) >= 11 is 13.9. The monoisotopic (exact) mass is 1610 g/mol. The van der Waals surface area contributed by atoms with Crippen LogP contribution in [0, 0.1) is 0 Å². The number of ether oxygens (including phenoxy) is 7. The van der Waals surface area contributed by atoms with Crippen LogP contribution in [-0.2, 0) is 42.9 Å². The van der Waals surface area contributed by atoms with Gasteiger partial charge in [0.1, 0.15) is 11.2 Å². The Kier molecular flexibility index (Phi) is 37.9. The van der Waals surface area contributed by atoms with Gasteiger partial charge in [0.2, 0.25) is 11.8 Å². The Balaban J connectivity index is 0.000000721. The maximum atomic E-state index is 12.6. The summed E-state index contributed by atoms with van der Waals surface area (Å²) in [6.07, 6.45) is 10.7. The van der Waals surface area contributed by atoms with Gasteiger partial charge in [-0.15, -0.1) is 34.0 Å². The number of hydrogen-bond acceptors (Lipinski definition) is 20. The van der Waals surface area contributed by atoms with Gasteiger partial charge in [-0.2, -0.15) is 0 Å². The van der Waals surface area contributed by atoms with Gasteiger partial charge in [0, 0.05) is 49.5 Å². The van der Waals surface area contributed by atoms with E-state index in [2.05, 4.69) is 53.1 Å². The Labute approximate surface area is 622 Å². The molecule has 2 aliphatic carbocycles. The summed E-state index contributed by atoms with van der Waals surface area (Å²) in [6.45, 7) is 15.3. The molecule has 21 nitrogen and oxygen atoms in total. The summed E-state index contributed by atoms with van der Waals surface area (Å²) in [7, 11) is 2.60. The third-order valence-corrected chi connectivity index (χ3v) is 20.7. The predicted octanol–water partition coefficient (Wildman–Crippen LogP) is 14.8. The van der Waals surface area contributed by atoms with Gasteiger partial charge in [-0.1, -0.05) is 89.8 Å². The van der Waals surface area contributed by atoms with Crippen molar-refractivity contribution < 1.29 is 111 Å². The van der Waals surface area contributed by atoms with Gasteiger partial charge in [0.05, 0.1) is 42.3 Å². The number of amides is 2. The number of methoxy groups -OCH3 is 2. The summed E-state index contributed by atoms with van der Waals surface area (Å²) in [5.74, 6) is -4.08. The van der Waals surface area contributed by atoms with Crippen LogP contribution in [0.4, 0.5) is 21.8 Å². The Hall–Kier alpha value is -6.35. The first-order chi connectivity index (χ1) is 44.0. The van der Waals surface area contributed by atoms with Crippen LogP contribution in [0.1, 0.15) is 170 Å². The van der Waals surface area contributed by atoms with Gasteiger partial charge in [-0.25, -0.2) is 28.8 Å². The third-order valence-electron chi connectivity index (χ3n) is 14.0. The first-order valence-corrected chi connectivity index (χ1v) is 34.8. The van der Waals surface area contributed by atoms with Crippen LogP contribution < -0.4 is 48.2 Å². The second kappa shape index (κ2) is 41.4. The molecule has 3 aromatic carbocycles. The van der Waals surface area contributed by atoms with Gasteiger partial charge in [0.25, 0.3) is 0 Å². The molecule has 534 valence electrons. The molecule has 0 unspecified atom stereocenters. The van der Waals surface area contributed by atoms with E-state index in [-0.39, 0.29) is 113 Å². The minimum Gasteiger partial charge on any atom is -0.870 e. The number of nitrogens with zero attached hydrogens (tertiary/aromatic N) is 2. The standard InChI is InChI=1S/C26H32BrNO6S.C21H22BrNO6S.C20H24BrNO5S.2CH4.FH.Li.H2O/c1-16(29)28(18-11-7-6-8-12-18)19-13-9-10-17(14-19)23-21(27)22(24(35-23)25(31)32-5)33-15-20(30)34-26(2,3)4;1-12(24)23(14-7-3-2-4-8-14)15-9-5-6-13(10-15)19-17(22)18(29-11-16(25)26)20(30-19)21(27)28;1-6-22-13-9-7-8-12(10-13)17-15(21)16(18(28-17)19(24)25-5)26-11-14(23)27-20(2,3)4;;;;;/h9-10,13-14,18H,6-8,11-12,15H2,1-5H3;5-6,9-10,14H,2-4,7-8,11H2,1H3,(H,25,26)(H,27,28);7-10,22H,6,11H2,1-5H3;2*1H4;1H;;1H2/q;;;;;;+1;/p-1. The molecule has 2 saturated carbocycles. The number of hydrogen-bond donors (Lipinski definition) is 3. The van der Waals surface area contributed by atoms with Gasteiger partial charge in [0.15, 0.2) is 51.7 Å². The van der Waals surface area contributed by atoms with Crippen molar-refractivity contribution in [2.24, 2.45) is 0 Å². The molecule has 0 saturated heterocycles. The summed E-state index contributed by atoms with van der Waals surface area (Å²) in [5, 5.41) is 21.6. The SMILES string of the molecule is C.C.CC(=O)N(c1cccc(-c2sc(C(=O)O)c(OCC(=O)O)c2Br)c1)C1CCCCC1.CCNc1cccc(-c2sc(C(=O)OC)c(OCC(=O)OC(C)(C)C)c2Br)c1.COC(=O)c1sc(-c2cccc(N(C(C)=O)C3CCCCC3)c2)c(Br)c1OCC(=O)OC(C)(C)C.F.[Li+].[OH-]. The van der Waals surface area contributed by atoms with E-state index in [1.54, 1.807) is 55.4 Å². The molecule has 2 amide bonds. The smallest absolute Gasteiger partial charge is 0.870 e. The van der Waals surface area contributed by atoms with Crippen molar-refractivity contribution in [3.8, 4) is 48.6 Å². The van der Waals surface area contributed by atoms with Crippen molar-refractivity contribution in [3.63, 3.8) is 0 Å². The van der Waals surface area contributed by atoms with E-state index in [0.29, 0.717) is 18.3 Å². The third kappa shape index (κ3) is 25.1. The number of aliphatic carboxylic acids is 1. The second-order valence-electron chi connectivity index (χ2n) is 23.5. The first-order valence-electron chi connectivity index (χ1n) is 30.0. The average molecular weight is 1610 g/mol. The molecule has 0 atom stereocenters. The Morgan fingerprint density at radius 2 is 0.878 bits per heavy atom. The van der Waals surface area contributed by atoms with E-state index in [1.807, 2.05) is 89.5 Å². The van der Waals surface area contributed by atoms with Crippen LogP contribution in [0.2, 0.25) is 0 Å². The van der Waals surface area contributed by atoms with E-state index in [9.17, 15) is 43.5 Å². The molecule has 0 spiro atoms. The van der Waals surface area contributed by atoms with Gasteiger partial charge >= 0.3 is 54.7 Å². The van der Waals surface area contributed by atoms with Gasteiger partial charge in [-0.3, -0.25) is 14.3 Å². The fourth-order valence-corrected chi connectivity index (χ4v) is 16.2. The van der Waals surface area contributed by atoms with E-state index in [1.165, 1.54) is 49.7 Å². The zero-order valence-electron chi connectivity index (χ0n) is 55.6. The molecule has 0 radical (unpaired) electrons. The summed E-state index contributed by atoms with van der Waals surface area (Å²) < 4.78 is 38.5. The van der Waals surface area contributed by atoms with Crippen molar-refractivity contribution in [2.75, 3.05) is 55.7 Å². The van der Waals surface area contributed by atoms with Crippen molar-refractivity contribution in [1.82, 2.24) is 0 Å². The van der Waals surface area contributed by atoms with Crippen molar-refractivity contribution in [2.45, 2.75) is 165 Å². The molecule has 4 N–H and O–H groups in total. The predicted molar refractivity (Wildman–Crippen MR) is 390 cm³/mol. The van der Waals surface area contributed by atoms with Crippen LogP contribution in [0.5, 0.6) is 17.2 Å². The van der Waals surface area contributed by atoms with Crippen molar-refractivity contribution >= 4 is 146 Å². The van der Waals surface area contributed by atoms with E-state index < -0.39 is 53.6 Å². The van der Waals surface area contributed by atoms with Crippen LogP contribution in [0.15, 0.2) is 86.2 Å². The number of carboxylic acid groups (broad SMARTS) is 2. The number of carbonyl (C=O) groups is 8. The molecule has 3 aromatic heterocycles. The van der Waals surface area contributed by atoms with Crippen LogP contribution in [0.3, 0.4) is 0 Å². The quantitative estimate of drug-likeness (QED) is 0.0343. The van der Waals surface area contributed by atoms with Gasteiger partial charge in [-0.05, 0) is 175 Å². The molecule has 2 aliphatic rings. The molecule has 2 fully saturated rings. The Bertz CT molecular complexity index is 3670. The maximum Gasteiger partial charge on any atom is 1.00 e. The number of halogens is 4. The molecule has 8 rings (SSSR count). The molecule has 6 aromatic rings. The first kappa shape index (κ1) is 89.7. The van der Waals surface area contributed by atoms with E-state index >= 15 is 0 Å². The van der Waals surface area contributed by atoms with Crippen molar-refractivity contribution in [1.29, 1.82) is 0 Å². The topological polar surface area (TPSA) is 290 Å². The number of carbonyl (C=O) groups excluding carboxylic acids is 6. The number of thiophene rings is 3. The molecular formula is C69H88Br3FLiN3O18S3. The summed E-state index contributed by atoms with van der Waals surface area (Å²) in [6, 6.07) is 23.2. The maximum absolute atomic E-state index is 12.6. The molecule has 98 heavy (non-hydrogen) atoms. The zero-order chi connectivity index (χ0) is 68.5. The normalized spacial score (nSPS) is 12.7.